The van der Waals surface area contributed by atoms with Crippen LogP contribution in [0.3, 0.4) is 0 Å². The van der Waals surface area contributed by atoms with Crippen molar-refractivity contribution in [3.63, 3.8) is 0 Å². The summed E-state index contributed by atoms with van der Waals surface area (Å²) in [5, 5.41) is 8.73. The maximum Gasteiger partial charge on any atom is 0.188 e. The van der Waals surface area contributed by atoms with Gasteiger partial charge in [-0.25, -0.2) is 0 Å². The maximum atomic E-state index is 11.1. The number of hydrogen-bond donors (Lipinski definition) is 2. The van der Waals surface area contributed by atoms with E-state index in [0.29, 0.717) is 18.8 Å². The predicted molar refractivity (Wildman–Crippen MR) is 64.5 cm³/mol. The van der Waals surface area contributed by atoms with Crippen LogP contribution in [0.15, 0.2) is 4.99 Å². The van der Waals surface area contributed by atoms with Gasteiger partial charge in [0.15, 0.2) is 5.12 Å². The molecule has 0 bridgehead atoms. The van der Waals surface area contributed by atoms with E-state index in [0.717, 1.165) is 25.0 Å². The van der Waals surface area contributed by atoms with Crippen LogP contribution in [0, 0.1) is 0 Å². The van der Waals surface area contributed by atoms with E-state index in [1.165, 1.54) is 11.8 Å². The van der Waals surface area contributed by atoms with Crippen molar-refractivity contribution in [2.24, 2.45) is 4.99 Å². The first kappa shape index (κ1) is 14.5. The summed E-state index contributed by atoms with van der Waals surface area (Å²) in [4.78, 5) is 15.2. The van der Waals surface area contributed by atoms with Gasteiger partial charge in [-0.3, -0.25) is 20.5 Å². The van der Waals surface area contributed by atoms with E-state index in [-0.39, 0.29) is 5.12 Å². The van der Waals surface area contributed by atoms with Gasteiger partial charge in [-0.05, 0) is 25.5 Å². The van der Waals surface area contributed by atoms with Gasteiger partial charge in [0, 0.05) is 13.0 Å². The number of carbonyl (C=O) groups is 1. The Hall–Kier alpha value is -0.550. The van der Waals surface area contributed by atoms with Crippen molar-refractivity contribution in [1.82, 2.24) is 5.48 Å². The summed E-state index contributed by atoms with van der Waals surface area (Å²) < 4.78 is 0. The molecule has 0 amide bonds. The van der Waals surface area contributed by atoms with Gasteiger partial charge in [-0.15, -0.1) is 0 Å². The molecule has 0 aliphatic rings. The first-order valence-corrected chi connectivity index (χ1v) is 6.26. The molecule has 0 aromatic carbocycles. The normalized spacial score (nSPS) is 11.5. The molecule has 0 aromatic rings. The van der Waals surface area contributed by atoms with E-state index in [1.54, 1.807) is 6.92 Å². The third kappa shape index (κ3) is 9.75. The molecule has 0 unspecified atom stereocenters. The Kier molecular flexibility index (Phi) is 9.62. The van der Waals surface area contributed by atoms with Crippen molar-refractivity contribution in [3.8, 4) is 0 Å². The molecule has 4 nitrogen and oxygen atoms in total. The molecular formula is C10H20N2O2S. The highest BCUT2D eigenvalue weighted by molar-refractivity contribution is 8.13. The quantitative estimate of drug-likeness (QED) is 0.306. The number of aliphatic imine (C=N–C) groups is 1. The number of hydroxylamine groups is 1. The van der Waals surface area contributed by atoms with Crippen LogP contribution in [0.2, 0.25) is 0 Å². The predicted octanol–water partition coefficient (Wildman–Crippen LogP) is 2.22. The summed E-state index contributed by atoms with van der Waals surface area (Å²) in [6.07, 6.45) is 3.58. The highest BCUT2D eigenvalue weighted by Gasteiger charge is 1.99. The van der Waals surface area contributed by atoms with Crippen LogP contribution in [0.25, 0.3) is 0 Å². The number of carbonyl (C=O) groups excluding carboxylic acids is 1. The zero-order chi connectivity index (χ0) is 11.5. The van der Waals surface area contributed by atoms with Crippen LogP contribution < -0.4 is 5.48 Å². The van der Waals surface area contributed by atoms with Crippen LogP contribution in [0.4, 0.5) is 0 Å². The van der Waals surface area contributed by atoms with E-state index in [1.807, 2.05) is 12.4 Å². The standard InChI is InChI=1S/C10H20N2O2S/c1-3-15-10(13)7-5-4-6-8-11-9(2)12-14/h14H,3-8H2,1-2H3,(H,11,12). The molecule has 0 aliphatic carbocycles. The zero-order valence-corrected chi connectivity index (χ0v) is 10.3. The number of hydrogen-bond acceptors (Lipinski definition) is 4. The maximum absolute atomic E-state index is 11.1. The third-order valence-corrected chi connectivity index (χ3v) is 2.67. The van der Waals surface area contributed by atoms with Gasteiger partial charge in [0.25, 0.3) is 0 Å². The minimum absolute atomic E-state index is 0.286. The van der Waals surface area contributed by atoms with Crippen LogP contribution in [0.5, 0.6) is 0 Å². The SMILES string of the molecule is CCSC(=O)CCCCCN=C(C)NO. The Morgan fingerprint density at radius 2 is 2.13 bits per heavy atom. The van der Waals surface area contributed by atoms with Gasteiger partial charge < -0.3 is 0 Å². The van der Waals surface area contributed by atoms with Gasteiger partial charge in [-0.1, -0.05) is 25.1 Å². The second-order valence-electron chi connectivity index (χ2n) is 3.19. The summed E-state index contributed by atoms with van der Waals surface area (Å²) in [5.74, 6) is 1.40. The molecule has 0 aliphatic heterocycles. The summed E-state index contributed by atoms with van der Waals surface area (Å²) in [6, 6.07) is 0. The summed E-state index contributed by atoms with van der Waals surface area (Å²) in [7, 11) is 0. The van der Waals surface area contributed by atoms with E-state index < -0.39 is 0 Å². The number of amidine groups is 1. The number of thioether (sulfide) groups is 1. The lowest BCUT2D eigenvalue weighted by molar-refractivity contribution is -0.111. The molecule has 88 valence electrons. The van der Waals surface area contributed by atoms with Gasteiger partial charge >= 0.3 is 0 Å². The smallest absolute Gasteiger partial charge is 0.188 e. The molecule has 2 N–H and O–H groups in total. The largest absolute Gasteiger partial charge is 0.290 e. The lowest BCUT2D eigenvalue weighted by Gasteiger charge is -1.99. The van der Waals surface area contributed by atoms with Gasteiger partial charge in [-0.2, -0.15) is 0 Å². The van der Waals surface area contributed by atoms with Crippen LogP contribution in [-0.4, -0.2) is 28.5 Å². The molecule has 0 saturated heterocycles. The topological polar surface area (TPSA) is 61.7 Å². The molecule has 0 heterocycles. The number of unbranched alkanes of at least 4 members (excludes halogenated alkanes) is 2. The van der Waals surface area contributed by atoms with Crippen molar-refractivity contribution in [2.45, 2.75) is 39.5 Å². The van der Waals surface area contributed by atoms with Crippen molar-refractivity contribution in [3.05, 3.63) is 0 Å². The van der Waals surface area contributed by atoms with Gasteiger partial charge in [0.1, 0.15) is 5.84 Å². The molecule has 0 saturated carbocycles. The molecule has 0 aromatic heterocycles. The van der Waals surface area contributed by atoms with E-state index >= 15 is 0 Å². The Balaban J connectivity index is 3.28. The minimum Gasteiger partial charge on any atom is -0.290 e. The number of nitrogens with one attached hydrogen (secondary N) is 1. The average molecular weight is 232 g/mol. The Labute approximate surface area is 95.5 Å². The monoisotopic (exact) mass is 232 g/mol. The van der Waals surface area contributed by atoms with Crippen molar-refractivity contribution in [1.29, 1.82) is 0 Å². The summed E-state index contributed by atoms with van der Waals surface area (Å²) >= 11 is 1.39. The lowest BCUT2D eigenvalue weighted by atomic mass is 10.2. The molecule has 15 heavy (non-hydrogen) atoms. The fourth-order valence-electron chi connectivity index (χ4n) is 1.07. The van der Waals surface area contributed by atoms with E-state index in [2.05, 4.69) is 4.99 Å². The second kappa shape index (κ2) is 9.98. The summed E-state index contributed by atoms with van der Waals surface area (Å²) in [6.45, 7) is 4.40. The number of rotatable bonds is 7. The molecule has 0 fully saturated rings. The van der Waals surface area contributed by atoms with Crippen LogP contribution >= 0.6 is 11.8 Å². The van der Waals surface area contributed by atoms with Gasteiger partial charge in [0.2, 0.25) is 0 Å². The minimum atomic E-state index is 0.286. The fraction of sp³-hybridized carbons (Fsp3) is 0.800. The lowest BCUT2D eigenvalue weighted by Crippen LogP contribution is -2.14. The fourth-order valence-corrected chi connectivity index (χ4v) is 1.68. The van der Waals surface area contributed by atoms with Gasteiger partial charge in [0.05, 0.1) is 0 Å². The van der Waals surface area contributed by atoms with Crippen LogP contribution in [0.1, 0.15) is 39.5 Å². The average Bonchev–Trinajstić information content (AvgIpc) is 2.23. The van der Waals surface area contributed by atoms with Crippen molar-refractivity contribution >= 4 is 22.7 Å². The Bertz CT molecular complexity index is 208. The molecule has 5 heteroatoms. The molecule has 0 atom stereocenters. The number of nitrogens with zero attached hydrogens (tertiary/aromatic N) is 1. The van der Waals surface area contributed by atoms with Crippen molar-refractivity contribution in [2.75, 3.05) is 12.3 Å². The van der Waals surface area contributed by atoms with Crippen LogP contribution in [-0.2, 0) is 4.79 Å². The first-order valence-electron chi connectivity index (χ1n) is 5.27. The van der Waals surface area contributed by atoms with E-state index in [9.17, 15) is 4.79 Å². The molecular weight excluding hydrogens is 212 g/mol. The molecule has 0 radical (unpaired) electrons. The zero-order valence-electron chi connectivity index (χ0n) is 9.45. The van der Waals surface area contributed by atoms with Crippen molar-refractivity contribution < 1.29 is 10.0 Å². The molecule has 0 spiro atoms. The first-order chi connectivity index (χ1) is 7.20. The summed E-state index contributed by atoms with van der Waals surface area (Å²) in [5.41, 5.74) is 1.98. The Morgan fingerprint density at radius 1 is 1.40 bits per heavy atom. The highest BCUT2D eigenvalue weighted by Crippen LogP contribution is 2.09. The third-order valence-electron chi connectivity index (χ3n) is 1.86. The van der Waals surface area contributed by atoms with E-state index in [4.69, 9.17) is 5.21 Å². The molecule has 0 rings (SSSR count). The Morgan fingerprint density at radius 3 is 2.73 bits per heavy atom. The highest BCUT2D eigenvalue weighted by atomic mass is 32.2. The second-order valence-corrected chi connectivity index (χ2v) is 4.52.